The summed E-state index contributed by atoms with van der Waals surface area (Å²) in [4.78, 5) is 4.55. The molecule has 0 bridgehead atoms. The van der Waals surface area contributed by atoms with Crippen LogP contribution in [-0.2, 0) is 0 Å². The lowest BCUT2D eigenvalue weighted by Crippen LogP contribution is -2.10. The number of rotatable bonds is 11. The van der Waals surface area contributed by atoms with Crippen LogP contribution in [0.5, 0.6) is 23.0 Å². The normalized spacial score (nSPS) is 10.9. The van der Waals surface area contributed by atoms with E-state index in [1.165, 1.54) is 22.3 Å². The van der Waals surface area contributed by atoms with Crippen LogP contribution >= 0.6 is 0 Å². The monoisotopic (exact) mass is 728 g/mol. The Morgan fingerprint density at radius 3 is 0.661 bits per heavy atom. The van der Waals surface area contributed by atoms with E-state index in [1.54, 1.807) is 0 Å². The molecule has 0 spiro atoms. The van der Waals surface area contributed by atoms with Crippen molar-refractivity contribution in [1.29, 1.82) is 0 Å². The number of hydrogen-bond donors (Lipinski definition) is 0. The van der Waals surface area contributed by atoms with Gasteiger partial charge in [-0.1, -0.05) is 95.1 Å². The summed E-state index contributed by atoms with van der Waals surface area (Å²) in [5.74, 6) is 3.24. The van der Waals surface area contributed by atoms with E-state index in [0.29, 0.717) is 0 Å². The zero-order valence-corrected chi connectivity index (χ0v) is 32.2. The Kier molecular flexibility index (Phi) is 10.4. The molecule has 0 saturated carbocycles. The lowest BCUT2D eigenvalue weighted by Gasteiger charge is -2.26. The van der Waals surface area contributed by atoms with Crippen LogP contribution in [0, 0.1) is 27.7 Å². The van der Waals surface area contributed by atoms with Crippen molar-refractivity contribution in [3.05, 3.63) is 216 Å². The first-order chi connectivity index (χ1) is 27.3. The second kappa shape index (κ2) is 16.1. The molecule has 56 heavy (non-hydrogen) atoms. The first kappa shape index (κ1) is 36.0. The molecular weight excluding hydrogens is 685 g/mol. The van der Waals surface area contributed by atoms with Gasteiger partial charge >= 0.3 is 0 Å². The van der Waals surface area contributed by atoms with Crippen molar-refractivity contribution in [3.8, 4) is 34.1 Å². The van der Waals surface area contributed by atoms with E-state index in [9.17, 15) is 0 Å². The topological polar surface area (TPSA) is 24.9 Å². The molecule has 0 radical (unpaired) electrons. The number of anilines is 6. The Morgan fingerprint density at radius 1 is 0.232 bits per heavy atom. The van der Waals surface area contributed by atoms with Crippen LogP contribution in [0.15, 0.2) is 194 Å². The van der Waals surface area contributed by atoms with Gasteiger partial charge in [0, 0.05) is 34.1 Å². The molecule has 8 aromatic carbocycles. The Balaban J connectivity index is 1.05. The van der Waals surface area contributed by atoms with Crippen molar-refractivity contribution >= 4 is 34.1 Å². The molecule has 0 unspecified atom stereocenters. The number of ether oxygens (including phenoxy) is 2. The van der Waals surface area contributed by atoms with Gasteiger partial charge in [-0.25, -0.2) is 0 Å². The van der Waals surface area contributed by atoms with Crippen molar-refractivity contribution in [1.82, 2.24) is 0 Å². The molecule has 0 saturated heterocycles. The van der Waals surface area contributed by atoms with E-state index in [1.807, 2.05) is 48.5 Å². The van der Waals surface area contributed by atoms with Gasteiger partial charge in [0.05, 0.1) is 0 Å². The summed E-state index contributed by atoms with van der Waals surface area (Å²) in [6.07, 6.45) is 0. The molecule has 0 heterocycles. The largest absolute Gasteiger partial charge is 0.457 e. The fraction of sp³-hybridized carbons (Fsp3) is 0.0769. The number of aryl methyl sites for hydroxylation is 4. The summed E-state index contributed by atoms with van der Waals surface area (Å²) in [5.41, 5.74) is 13.6. The number of hydrogen-bond acceptors (Lipinski definition) is 4. The van der Waals surface area contributed by atoms with Crippen molar-refractivity contribution in [2.24, 2.45) is 0 Å². The minimum atomic E-state index is 0.797. The van der Waals surface area contributed by atoms with Crippen LogP contribution in [0.3, 0.4) is 0 Å². The molecule has 8 rings (SSSR count). The van der Waals surface area contributed by atoms with E-state index in [-0.39, 0.29) is 0 Å². The minimum absolute atomic E-state index is 0.797. The van der Waals surface area contributed by atoms with Gasteiger partial charge in [-0.05, 0) is 160 Å². The molecule has 0 aliphatic carbocycles. The zero-order valence-electron chi connectivity index (χ0n) is 32.2. The van der Waals surface area contributed by atoms with Crippen LogP contribution in [0.4, 0.5) is 34.1 Å². The molecule has 8 aromatic rings. The van der Waals surface area contributed by atoms with E-state index < -0.39 is 0 Å². The van der Waals surface area contributed by atoms with Crippen LogP contribution in [0.1, 0.15) is 22.3 Å². The summed E-state index contributed by atoms with van der Waals surface area (Å²) >= 11 is 0. The van der Waals surface area contributed by atoms with E-state index in [2.05, 4.69) is 183 Å². The highest BCUT2D eigenvalue weighted by Crippen LogP contribution is 2.39. The van der Waals surface area contributed by atoms with E-state index in [4.69, 9.17) is 9.47 Å². The SMILES string of the molecule is Cc1ccc(Oc2ccc(N(c3ccc(C)cc3)c3ccc(-c4ccc(N(c5ccc(C)cc5)c5ccc(Oc6ccc(C)cc6)cc5)cc4)cc3)cc2)cc1. The number of benzene rings is 8. The molecule has 0 amide bonds. The molecule has 0 aliphatic rings. The van der Waals surface area contributed by atoms with Gasteiger partial charge in [0.15, 0.2) is 0 Å². The highest BCUT2D eigenvalue weighted by molar-refractivity contribution is 5.81. The fourth-order valence-electron chi connectivity index (χ4n) is 6.70. The van der Waals surface area contributed by atoms with Crippen LogP contribution in [0.2, 0.25) is 0 Å². The predicted molar refractivity (Wildman–Crippen MR) is 233 cm³/mol. The van der Waals surface area contributed by atoms with Gasteiger partial charge in [0.25, 0.3) is 0 Å². The van der Waals surface area contributed by atoms with Crippen molar-refractivity contribution in [2.75, 3.05) is 9.80 Å². The molecule has 0 aliphatic heterocycles. The third-order valence-corrected chi connectivity index (χ3v) is 9.87. The molecular formula is C52H44N2O2. The fourth-order valence-corrected chi connectivity index (χ4v) is 6.70. The Labute approximate surface area is 330 Å². The highest BCUT2D eigenvalue weighted by atomic mass is 16.5. The van der Waals surface area contributed by atoms with Crippen LogP contribution < -0.4 is 19.3 Å². The minimum Gasteiger partial charge on any atom is -0.457 e. The van der Waals surface area contributed by atoms with Gasteiger partial charge in [-0.3, -0.25) is 0 Å². The smallest absolute Gasteiger partial charge is 0.127 e. The van der Waals surface area contributed by atoms with Crippen LogP contribution in [-0.4, -0.2) is 0 Å². The Morgan fingerprint density at radius 2 is 0.411 bits per heavy atom. The van der Waals surface area contributed by atoms with Gasteiger partial charge < -0.3 is 19.3 Å². The Bertz CT molecular complexity index is 2310. The van der Waals surface area contributed by atoms with Crippen molar-refractivity contribution in [3.63, 3.8) is 0 Å². The second-order valence-electron chi connectivity index (χ2n) is 14.3. The predicted octanol–water partition coefficient (Wildman–Crippen LogP) is 15.1. The first-order valence-corrected chi connectivity index (χ1v) is 19.0. The highest BCUT2D eigenvalue weighted by Gasteiger charge is 2.16. The summed E-state index contributed by atoms with van der Waals surface area (Å²) < 4.78 is 12.3. The quantitative estimate of drug-likeness (QED) is 0.132. The van der Waals surface area contributed by atoms with E-state index in [0.717, 1.165) is 68.2 Å². The maximum Gasteiger partial charge on any atom is 0.127 e. The summed E-state index contributed by atoms with van der Waals surface area (Å²) in [5, 5.41) is 0. The first-order valence-electron chi connectivity index (χ1n) is 19.0. The van der Waals surface area contributed by atoms with E-state index >= 15 is 0 Å². The van der Waals surface area contributed by atoms with Gasteiger partial charge in [-0.2, -0.15) is 0 Å². The summed E-state index contributed by atoms with van der Waals surface area (Å²) in [7, 11) is 0. The number of nitrogens with zero attached hydrogens (tertiary/aromatic N) is 2. The van der Waals surface area contributed by atoms with Crippen molar-refractivity contribution < 1.29 is 9.47 Å². The van der Waals surface area contributed by atoms with Crippen molar-refractivity contribution in [2.45, 2.75) is 27.7 Å². The molecule has 0 aromatic heterocycles. The maximum atomic E-state index is 6.14. The summed E-state index contributed by atoms with van der Waals surface area (Å²) in [6, 6.07) is 67.7. The molecule has 274 valence electrons. The lowest BCUT2D eigenvalue weighted by molar-refractivity contribution is 0.482. The molecule has 0 N–H and O–H groups in total. The molecule has 4 nitrogen and oxygen atoms in total. The maximum absolute atomic E-state index is 6.14. The Hall–Kier alpha value is -7.04. The third kappa shape index (κ3) is 8.36. The third-order valence-electron chi connectivity index (χ3n) is 9.87. The summed E-state index contributed by atoms with van der Waals surface area (Å²) in [6.45, 7) is 8.38. The lowest BCUT2D eigenvalue weighted by atomic mass is 10.0. The standard InChI is InChI=1S/C52H44N2O2/c1-37-5-17-43(18-6-37)53(47-25-33-51(34-26-47)55-49-29-9-39(3)10-30-49)45-21-13-41(14-22-45)42-15-23-46(24-16-42)54(44-19-7-38(2)8-20-44)48-27-35-52(36-28-48)56-50-31-11-40(4)12-32-50/h5-36H,1-4H3. The van der Waals surface area contributed by atoms with Gasteiger partial charge in [0.1, 0.15) is 23.0 Å². The molecule has 0 fully saturated rings. The molecule has 4 heteroatoms. The second-order valence-corrected chi connectivity index (χ2v) is 14.3. The van der Waals surface area contributed by atoms with Crippen LogP contribution in [0.25, 0.3) is 11.1 Å². The molecule has 0 atom stereocenters. The average Bonchev–Trinajstić information content (AvgIpc) is 3.23. The van der Waals surface area contributed by atoms with Gasteiger partial charge in [-0.15, -0.1) is 0 Å². The average molecular weight is 729 g/mol. The van der Waals surface area contributed by atoms with Gasteiger partial charge in [0.2, 0.25) is 0 Å². The zero-order chi connectivity index (χ0) is 38.4.